The van der Waals surface area contributed by atoms with E-state index in [4.69, 9.17) is 24.4 Å². The molecule has 2 atom stereocenters. The van der Waals surface area contributed by atoms with Crippen molar-refractivity contribution in [1.82, 2.24) is 4.90 Å². The van der Waals surface area contributed by atoms with Crippen LogP contribution in [0.1, 0.15) is 47.6 Å². The fourth-order valence-corrected chi connectivity index (χ4v) is 6.70. The average Bonchev–Trinajstić information content (AvgIpc) is 3.17. The van der Waals surface area contributed by atoms with Gasteiger partial charge in [-0.2, -0.15) is 0 Å². The zero-order valence-electron chi connectivity index (χ0n) is 24.9. The fourth-order valence-electron chi connectivity index (χ4n) is 5.48. The minimum Gasteiger partial charge on any atom is -0.489 e. The first-order chi connectivity index (χ1) is 21.1. The Kier molecular flexibility index (Phi) is 9.32. The maximum atomic E-state index is 13.0. The van der Waals surface area contributed by atoms with Crippen LogP contribution in [0.3, 0.4) is 0 Å². The van der Waals surface area contributed by atoms with Crippen molar-refractivity contribution in [3.8, 4) is 17.2 Å². The second-order valence-electron chi connectivity index (χ2n) is 11.2. The molecule has 14 nitrogen and oxygen atoms in total. The fraction of sp³-hybridized carbons (Fsp3) is 0.400. The third kappa shape index (κ3) is 6.82. The molecule has 0 saturated carbocycles. The van der Waals surface area contributed by atoms with Crippen LogP contribution in [0.4, 0.5) is 4.79 Å². The average molecular weight is 645 g/mol. The van der Waals surface area contributed by atoms with Crippen LogP contribution in [0, 0.1) is 20.8 Å². The number of ether oxygens (including phenoxy) is 3. The molecule has 0 radical (unpaired) electrons. The summed E-state index contributed by atoms with van der Waals surface area (Å²) in [5, 5.41) is 40.2. The number of benzene rings is 2. The quantitative estimate of drug-likeness (QED) is 0.193. The van der Waals surface area contributed by atoms with Crippen LogP contribution in [0.5, 0.6) is 17.2 Å². The van der Waals surface area contributed by atoms with Crippen LogP contribution in [-0.2, 0) is 25.6 Å². The lowest BCUT2D eigenvalue weighted by molar-refractivity contribution is -0.144. The van der Waals surface area contributed by atoms with Crippen molar-refractivity contribution >= 4 is 46.5 Å². The summed E-state index contributed by atoms with van der Waals surface area (Å²) in [6, 6.07) is 6.45. The van der Waals surface area contributed by atoms with E-state index in [1.807, 2.05) is 0 Å². The van der Waals surface area contributed by atoms with Gasteiger partial charge in [0.25, 0.3) is 5.24 Å². The molecule has 4 N–H and O–H groups in total. The van der Waals surface area contributed by atoms with Crippen LogP contribution in [0.15, 0.2) is 29.4 Å². The first-order valence-corrected chi connectivity index (χ1v) is 14.5. The predicted molar refractivity (Wildman–Crippen MR) is 159 cm³/mol. The normalized spacial score (nSPS) is 21.8. The van der Waals surface area contributed by atoms with Crippen molar-refractivity contribution in [2.24, 2.45) is 5.16 Å². The summed E-state index contributed by atoms with van der Waals surface area (Å²) < 4.78 is 16.3. The lowest BCUT2D eigenvalue weighted by atomic mass is 9.86. The number of nitrogens with zero attached hydrogens (tertiary/aromatic N) is 2. The van der Waals surface area contributed by atoms with Crippen molar-refractivity contribution in [2.45, 2.75) is 57.3 Å². The van der Waals surface area contributed by atoms with Gasteiger partial charge < -0.3 is 34.7 Å². The minimum atomic E-state index is -1.69. The van der Waals surface area contributed by atoms with Crippen LogP contribution in [0.25, 0.3) is 0 Å². The summed E-state index contributed by atoms with van der Waals surface area (Å²) in [4.78, 5) is 59.8. The van der Waals surface area contributed by atoms with E-state index in [0.29, 0.717) is 67.4 Å². The number of hydrogen-bond donors (Lipinski definition) is 4. The molecule has 2 heterocycles. The topological polar surface area (TPSA) is 210 Å². The number of oxime groups is 1. The van der Waals surface area contributed by atoms with Gasteiger partial charge in [0.05, 0.1) is 12.1 Å². The number of carbonyl (C=O) groups excluding carboxylic acids is 2. The second kappa shape index (κ2) is 12.7. The molecule has 2 aromatic rings. The Hall–Kier alpha value is -4.79. The molecule has 2 unspecified atom stereocenters. The molecule has 0 aromatic heterocycles. The second-order valence-corrected chi connectivity index (χ2v) is 12.5. The Bertz CT molecular complexity index is 1610. The van der Waals surface area contributed by atoms with Crippen LogP contribution in [-0.4, -0.2) is 90.3 Å². The van der Waals surface area contributed by atoms with E-state index < -0.39 is 59.0 Å². The Morgan fingerprint density at radius 1 is 0.978 bits per heavy atom. The smallest absolute Gasteiger partial charge is 0.341 e. The van der Waals surface area contributed by atoms with Crippen molar-refractivity contribution in [3.63, 3.8) is 0 Å². The maximum absolute atomic E-state index is 13.0. The van der Waals surface area contributed by atoms with E-state index in [2.05, 4.69) is 5.16 Å². The molecule has 2 aliphatic rings. The molecule has 15 heteroatoms. The van der Waals surface area contributed by atoms with Gasteiger partial charge >= 0.3 is 17.9 Å². The molecule has 2 amide bonds. The molecule has 0 aliphatic carbocycles. The standard InChI is InChI=1S/C30H32N2O12S/c1-15-16(2)26-24(17(3)25(15)42-13-23(37)38)20(31-41)10-29(4,44-26)14-43-19-7-5-18(6-8-19)9-30(11-21(33)34)27(39)32(12-22(35)36)28(40)45-30/h5-8,41H,9-14H2,1-4H3,(H,33,34)(H,35,36)(H,37,38)/b31-20+. The summed E-state index contributed by atoms with van der Waals surface area (Å²) in [6.07, 6.45) is -0.655. The molecule has 2 aliphatic heterocycles. The maximum Gasteiger partial charge on any atom is 0.341 e. The third-order valence-corrected chi connectivity index (χ3v) is 8.90. The lowest BCUT2D eigenvalue weighted by Gasteiger charge is -2.38. The summed E-state index contributed by atoms with van der Waals surface area (Å²) in [5.41, 5.74) is 2.31. The molecule has 0 bridgehead atoms. The summed E-state index contributed by atoms with van der Waals surface area (Å²) >= 11 is 0.512. The number of fused-ring (bicyclic) bond motifs is 1. The molecule has 0 spiro atoms. The molecule has 1 saturated heterocycles. The van der Waals surface area contributed by atoms with Crippen LogP contribution in [0.2, 0.25) is 0 Å². The highest BCUT2D eigenvalue weighted by molar-refractivity contribution is 8.16. The number of carboxylic acid groups (broad SMARTS) is 3. The van der Waals surface area contributed by atoms with E-state index in [-0.39, 0.29) is 19.4 Å². The number of carboxylic acids is 3. The number of imide groups is 1. The zero-order chi connectivity index (χ0) is 33.3. The number of rotatable bonds is 12. The van der Waals surface area contributed by atoms with Crippen molar-refractivity contribution in [2.75, 3.05) is 19.8 Å². The largest absolute Gasteiger partial charge is 0.489 e. The van der Waals surface area contributed by atoms with Crippen LogP contribution >= 0.6 is 11.8 Å². The Balaban J connectivity index is 1.51. The zero-order valence-corrected chi connectivity index (χ0v) is 25.7. The van der Waals surface area contributed by atoms with E-state index in [9.17, 15) is 34.3 Å². The molecule has 45 heavy (non-hydrogen) atoms. The third-order valence-electron chi connectivity index (χ3n) is 7.65. The van der Waals surface area contributed by atoms with Gasteiger partial charge in [0.1, 0.15) is 40.7 Å². The summed E-state index contributed by atoms with van der Waals surface area (Å²) in [7, 11) is 0. The lowest BCUT2D eigenvalue weighted by Crippen LogP contribution is -2.45. The van der Waals surface area contributed by atoms with Gasteiger partial charge in [0.2, 0.25) is 5.91 Å². The van der Waals surface area contributed by atoms with Gasteiger partial charge in [0, 0.05) is 17.5 Å². The van der Waals surface area contributed by atoms with Crippen molar-refractivity contribution in [3.05, 3.63) is 52.1 Å². The predicted octanol–water partition coefficient (Wildman–Crippen LogP) is 3.41. The SMILES string of the molecule is Cc1c(C)c2c(c(C)c1OCC(=O)O)/C(=N/O)CC(C)(COc1ccc(CC3(CC(=O)O)SC(=O)N(CC(=O)O)C3=O)cc1)O2. The Morgan fingerprint density at radius 2 is 1.64 bits per heavy atom. The van der Waals surface area contributed by atoms with Crippen molar-refractivity contribution < 1.29 is 58.7 Å². The minimum absolute atomic E-state index is 0.0234. The highest BCUT2D eigenvalue weighted by Gasteiger charge is 2.54. The Morgan fingerprint density at radius 3 is 2.22 bits per heavy atom. The number of carbonyl (C=O) groups is 5. The van der Waals surface area contributed by atoms with Gasteiger partial charge in [-0.25, -0.2) is 4.79 Å². The molecule has 1 fully saturated rings. The van der Waals surface area contributed by atoms with E-state index >= 15 is 0 Å². The van der Waals surface area contributed by atoms with Gasteiger partial charge in [-0.1, -0.05) is 17.3 Å². The number of aliphatic carboxylic acids is 3. The first kappa shape index (κ1) is 33.1. The molecule has 4 rings (SSSR count). The van der Waals surface area contributed by atoms with E-state index in [1.165, 1.54) is 0 Å². The monoisotopic (exact) mass is 644 g/mol. The van der Waals surface area contributed by atoms with Gasteiger partial charge in [-0.05, 0) is 74.7 Å². The molecular formula is C30H32N2O12S. The Labute approximate surface area is 261 Å². The summed E-state index contributed by atoms with van der Waals surface area (Å²) in [5.74, 6) is -3.44. The van der Waals surface area contributed by atoms with Crippen molar-refractivity contribution in [1.29, 1.82) is 0 Å². The molecule has 240 valence electrons. The molecular weight excluding hydrogens is 612 g/mol. The number of hydrogen-bond acceptors (Lipinski definition) is 11. The number of thioether (sulfide) groups is 1. The summed E-state index contributed by atoms with van der Waals surface area (Å²) in [6.45, 7) is 5.72. The van der Waals surface area contributed by atoms with E-state index in [0.717, 1.165) is 0 Å². The van der Waals surface area contributed by atoms with Gasteiger partial charge in [0.15, 0.2) is 6.61 Å². The van der Waals surface area contributed by atoms with Gasteiger partial charge in [-0.15, -0.1) is 0 Å². The highest BCUT2D eigenvalue weighted by Crippen LogP contribution is 2.45. The first-order valence-electron chi connectivity index (χ1n) is 13.7. The van der Waals surface area contributed by atoms with Gasteiger partial charge in [-0.3, -0.25) is 24.1 Å². The molecule has 2 aromatic carbocycles. The number of amides is 2. The van der Waals surface area contributed by atoms with Crippen LogP contribution < -0.4 is 14.2 Å². The van der Waals surface area contributed by atoms with E-state index in [1.54, 1.807) is 52.0 Å². The highest BCUT2D eigenvalue weighted by atomic mass is 32.2.